The molecule has 3 rings (SSSR count). The first-order chi connectivity index (χ1) is 15.2. The first kappa shape index (κ1) is 24.5. The van der Waals surface area contributed by atoms with Crippen LogP contribution in [0, 0.1) is 11.7 Å². The number of halogens is 1. The lowest BCUT2D eigenvalue weighted by molar-refractivity contribution is -0.119. The molecule has 1 aromatic heterocycles. The Morgan fingerprint density at radius 1 is 1.25 bits per heavy atom. The fourth-order valence-corrected chi connectivity index (χ4v) is 5.59. The van der Waals surface area contributed by atoms with Gasteiger partial charge in [0.25, 0.3) is 0 Å². The minimum Gasteiger partial charge on any atom is -0.352 e. The Balaban J connectivity index is 1.69. The van der Waals surface area contributed by atoms with Gasteiger partial charge in [-0.15, -0.1) is 10.2 Å². The summed E-state index contributed by atoms with van der Waals surface area (Å²) >= 11 is 1.28. The van der Waals surface area contributed by atoms with Crippen LogP contribution in [0.4, 0.5) is 10.1 Å². The van der Waals surface area contributed by atoms with Gasteiger partial charge in [-0.1, -0.05) is 31.5 Å². The fraction of sp³-hybridized carbons (Fsp3) is 0.571. The van der Waals surface area contributed by atoms with Gasteiger partial charge in [0, 0.05) is 12.6 Å². The maximum atomic E-state index is 13.3. The number of thioether (sulfide) groups is 1. The van der Waals surface area contributed by atoms with Gasteiger partial charge in [0.1, 0.15) is 5.82 Å². The predicted octanol–water partition coefficient (Wildman–Crippen LogP) is 3.19. The van der Waals surface area contributed by atoms with E-state index in [2.05, 4.69) is 22.4 Å². The minimum atomic E-state index is -3.63. The van der Waals surface area contributed by atoms with E-state index in [1.54, 1.807) is 4.57 Å². The summed E-state index contributed by atoms with van der Waals surface area (Å²) in [5.74, 6) is 0.668. The third-order valence-corrected chi connectivity index (χ3v) is 7.81. The van der Waals surface area contributed by atoms with E-state index in [4.69, 9.17) is 0 Å². The van der Waals surface area contributed by atoms with Crippen molar-refractivity contribution in [3.8, 4) is 0 Å². The van der Waals surface area contributed by atoms with Crippen molar-refractivity contribution in [1.29, 1.82) is 0 Å². The Morgan fingerprint density at radius 2 is 1.94 bits per heavy atom. The Hall–Kier alpha value is -2.14. The van der Waals surface area contributed by atoms with Crippen molar-refractivity contribution in [3.05, 3.63) is 35.9 Å². The molecule has 1 aromatic carbocycles. The summed E-state index contributed by atoms with van der Waals surface area (Å²) in [5, 5.41) is 12.0. The topological polar surface area (TPSA) is 97.2 Å². The fourth-order valence-electron chi connectivity index (χ4n) is 3.91. The van der Waals surface area contributed by atoms with Crippen molar-refractivity contribution in [2.24, 2.45) is 5.92 Å². The lowest BCUT2D eigenvalue weighted by Gasteiger charge is -2.29. The van der Waals surface area contributed by atoms with Gasteiger partial charge in [0.2, 0.25) is 15.9 Å². The van der Waals surface area contributed by atoms with Gasteiger partial charge >= 0.3 is 0 Å². The van der Waals surface area contributed by atoms with Crippen LogP contribution in [-0.2, 0) is 27.9 Å². The minimum absolute atomic E-state index is 0.0370. The smallest absolute Gasteiger partial charge is 0.232 e. The number of carbonyl (C=O) groups excluding carboxylic acids is 1. The molecular formula is C21H30FN5O3S2. The first-order valence-electron chi connectivity index (χ1n) is 10.8. The van der Waals surface area contributed by atoms with Crippen LogP contribution in [0.15, 0.2) is 29.4 Å². The Morgan fingerprint density at radius 3 is 2.56 bits per heavy atom. The zero-order chi connectivity index (χ0) is 23.3. The van der Waals surface area contributed by atoms with E-state index in [0.717, 1.165) is 29.8 Å². The molecule has 8 nitrogen and oxygen atoms in total. The van der Waals surface area contributed by atoms with E-state index in [-0.39, 0.29) is 24.2 Å². The molecule has 0 radical (unpaired) electrons. The average Bonchev–Trinajstić information content (AvgIpc) is 3.14. The highest BCUT2D eigenvalue weighted by molar-refractivity contribution is 7.99. The normalized spacial score (nSPS) is 19.0. The van der Waals surface area contributed by atoms with Gasteiger partial charge in [-0.25, -0.2) is 12.8 Å². The van der Waals surface area contributed by atoms with E-state index in [1.165, 1.54) is 42.4 Å². The van der Waals surface area contributed by atoms with Crippen LogP contribution in [0.25, 0.3) is 0 Å². The molecule has 0 spiro atoms. The monoisotopic (exact) mass is 483 g/mol. The number of hydrogen-bond acceptors (Lipinski definition) is 6. The molecule has 1 amide bonds. The van der Waals surface area contributed by atoms with Crippen LogP contribution in [0.5, 0.6) is 0 Å². The molecule has 1 heterocycles. The second kappa shape index (κ2) is 10.7. The van der Waals surface area contributed by atoms with E-state index in [1.807, 2.05) is 6.92 Å². The molecule has 2 atom stereocenters. The first-order valence-corrected chi connectivity index (χ1v) is 13.6. The number of benzene rings is 1. The highest BCUT2D eigenvalue weighted by Gasteiger charge is 2.24. The second-order valence-electron chi connectivity index (χ2n) is 8.11. The number of rotatable bonds is 9. The molecule has 32 heavy (non-hydrogen) atoms. The summed E-state index contributed by atoms with van der Waals surface area (Å²) in [5.41, 5.74) is 0.342. The van der Waals surface area contributed by atoms with Crippen LogP contribution in [-0.4, -0.2) is 47.1 Å². The standard InChI is InChI=1S/C21H30FN5O3S2/c1-4-26-19(13-27(32(3,29)30)17-11-9-16(22)10-12-17)24-25-21(26)31-14-20(28)23-18-8-6-5-7-15(18)2/h9-12,15,18H,4-8,13-14H2,1-3H3,(H,23,28). The molecule has 0 aliphatic heterocycles. The zero-order valence-electron chi connectivity index (χ0n) is 18.6. The van der Waals surface area contributed by atoms with Crippen LogP contribution in [0.2, 0.25) is 0 Å². The molecule has 2 aromatic rings. The Bertz CT molecular complexity index is 1030. The molecule has 1 fully saturated rings. The van der Waals surface area contributed by atoms with Crippen molar-refractivity contribution >= 4 is 33.4 Å². The van der Waals surface area contributed by atoms with Crippen molar-refractivity contribution in [3.63, 3.8) is 0 Å². The van der Waals surface area contributed by atoms with Gasteiger partial charge in [0.15, 0.2) is 11.0 Å². The van der Waals surface area contributed by atoms with E-state index in [0.29, 0.717) is 29.1 Å². The molecule has 1 aliphatic rings. The van der Waals surface area contributed by atoms with Gasteiger partial charge in [-0.05, 0) is 49.9 Å². The van der Waals surface area contributed by atoms with Gasteiger partial charge < -0.3 is 9.88 Å². The van der Waals surface area contributed by atoms with Crippen LogP contribution in [0.3, 0.4) is 0 Å². The van der Waals surface area contributed by atoms with Crippen molar-refractivity contribution < 1.29 is 17.6 Å². The zero-order valence-corrected chi connectivity index (χ0v) is 20.3. The summed E-state index contributed by atoms with van der Waals surface area (Å²) in [6.07, 6.45) is 5.59. The number of hydrogen-bond donors (Lipinski definition) is 1. The maximum Gasteiger partial charge on any atom is 0.232 e. The van der Waals surface area contributed by atoms with E-state index < -0.39 is 15.8 Å². The number of sulfonamides is 1. The van der Waals surface area contributed by atoms with Crippen molar-refractivity contribution in [2.45, 2.75) is 63.8 Å². The lowest BCUT2D eigenvalue weighted by Crippen LogP contribution is -2.41. The SMILES string of the molecule is CCn1c(CN(c2ccc(F)cc2)S(C)(=O)=O)nnc1SCC(=O)NC1CCCCC1C. The average molecular weight is 484 g/mol. The van der Waals surface area contributed by atoms with Crippen LogP contribution in [0.1, 0.15) is 45.4 Å². The van der Waals surface area contributed by atoms with Crippen molar-refractivity contribution in [1.82, 2.24) is 20.1 Å². The summed E-state index contributed by atoms with van der Waals surface area (Å²) in [6.45, 7) is 4.56. The summed E-state index contributed by atoms with van der Waals surface area (Å²) in [4.78, 5) is 12.5. The summed E-state index contributed by atoms with van der Waals surface area (Å²) in [7, 11) is -3.63. The quantitative estimate of drug-likeness (QED) is 0.550. The van der Waals surface area contributed by atoms with Crippen molar-refractivity contribution in [2.75, 3.05) is 16.3 Å². The molecule has 0 saturated heterocycles. The number of nitrogens with zero attached hydrogens (tertiary/aromatic N) is 4. The third kappa shape index (κ3) is 6.22. The van der Waals surface area contributed by atoms with Crippen LogP contribution < -0.4 is 9.62 Å². The lowest BCUT2D eigenvalue weighted by atomic mass is 9.86. The Kier molecular flexibility index (Phi) is 8.16. The predicted molar refractivity (Wildman–Crippen MR) is 123 cm³/mol. The Labute approximate surface area is 193 Å². The number of amides is 1. The third-order valence-electron chi connectivity index (χ3n) is 5.70. The number of nitrogens with one attached hydrogen (secondary N) is 1. The number of aromatic nitrogens is 3. The van der Waals surface area contributed by atoms with E-state index in [9.17, 15) is 17.6 Å². The molecule has 1 saturated carbocycles. The van der Waals surface area contributed by atoms with Gasteiger partial charge in [0.05, 0.1) is 24.2 Å². The molecule has 0 bridgehead atoms. The number of anilines is 1. The molecule has 2 unspecified atom stereocenters. The second-order valence-corrected chi connectivity index (χ2v) is 11.0. The van der Waals surface area contributed by atoms with E-state index >= 15 is 0 Å². The van der Waals surface area contributed by atoms with Gasteiger partial charge in [-0.2, -0.15) is 0 Å². The molecular weight excluding hydrogens is 453 g/mol. The van der Waals surface area contributed by atoms with Crippen LogP contribution >= 0.6 is 11.8 Å². The highest BCUT2D eigenvalue weighted by Crippen LogP contribution is 2.25. The highest BCUT2D eigenvalue weighted by atomic mass is 32.2. The van der Waals surface area contributed by atoms with Gasteiger partial charge in [-0.3, -0.25) is 9.10 Å². The molecule has 1 N–H and O–H groups in total. The molecule has 1 aliphatic carbocycles. The molecule has 11 heteroatoms. The summed E-state index contributed by atoms with van der Waals surface area (Å²) in [6, 6.07) is 5.47. The largest absolute Gasteiger partial charge is 0.352 e. The summed E-state index contributed by atoms with van der Waals surface area (Å²) < 4.78 is 41.0. The molecule has 176 valence electrons. The maximum absolute atomic E-state index is 13.3. The number of carbonyl (C=O) groups is 1.